The highest BCUT2D eigenvalue weighted by Crippen LogP contribution is 2.31. The number of hydrogen-bond donors (Lipinski definition) is 2. The van der Waals surface area contributed by atoms with Crippen molar-refractivity contribution in [1.29, 1.82) is 0 Å². The van der Waals surface area contributed by atoms with Gasteiger partial charge in [-0.2, -0.15) is 0 Å². The van der Waals surface area contributed by atoms with Gasteiger partial charge in [-0.1, -0.05) is 15.9 Å². The fraction of sp³-hybridized carbons (Fsp3) is 0. The van der Waals surface area contributed by atoms with Crippen LogP contribution in [0, 0.1) is 11.6 Å². The molecule has 0 aliphatic rings. The number of rotatable bonds is 1. The lowest BCUT2D eigenvalue weighted by atomic mass is 10.2. The number of imidazole rings is 1. The third-order valence-corrected chi connectivity index (χ3v) is 3.25. The molecule has 0 atom stereocenters. The van der Waals surface area contributed by atoms with E-state index in [9.17, 15) is 13.9 Å². The minimum Gasteiger partial charge on any atom is -0.507 e. The van der Waals surface area contributed by atoms with Gasteiger partial charge in [-0.25, -0.2) is 13.8 Å². The predicted octanol–water partition coefficient (Wildman–Crippen LogP) is 3.98. The van der Waals surface area contributed by atoms with Crippen LogP contribution in [0.15, 0.2) is 34.8 Å². The van der Waals surface area contributed by atoms with Crippen molar-refractivity contribution in [2.45, 2.75) is 0 Å². The number of nitrogens with zero attached hydrogens (tertiary/aromatic N) is 1. The maximum absolute atomic E-state index is 13.6. The van der Waals surface area contributed by atoms with E-state index in [0.717, 1.165) is 10.5 Å². The van der Waals surface area contributed by atoms with Crippen LogP contribution in [0.4, 0.5) is 8.78 Å². The number of phenolic OH excluding ortho intramolecular Hbond substituents is 1. The maximum atomic E-state index is 13.6. The molecule has 0 saturated heterocycles. The molecule has 3 rings (SSSR count). The van der Waals surface area contributed by atoms with Gasteiger partial charge in [0.2, 0.25) is 0 Å². The van der Waals surface area contributed by atoms with Gasteiger partial charge in [-0.15, -0.1) is 0 Å². The summed E-state index contributed by atoms with van der Waals surface area (Å²) in [6.45, 7) is 0. The minimum absolute atomic E-state index is 0.00290. The smallest absolute Gasteiger partial charge is 0.186 e. The van der Waals surface area contributed by atoms with Crippen molar-refractivity contribution >= 4 is 27.0 Å². The van der Waals surface area contributed by atoms with Crippen molar-refractivity contribution in [1.82, 2.24) is 9.97 Å². The van der Waals surface area contributed by atoms with Crippen LogP contribution in [-0.2, 0) is 0 Å². The van der Waals surface area contributed by atoms with Crippen molar-refractivity contribution in [2.75, 3.05) is 0 Å². The molecule has 0 fully saturated rings. The molecule has 1 heterocycles. The van der Waals surface area contributed by atoms with Crippen molar-refractivity contribution in [3.8, 4) is 17.1 Å². The molecule has 96 valence electrons. The highest BCUT2D eigenvalue weighted by molar-refractivity contribution is 9.10. The molecule has 2 N–H and O–H groups in total. The Hall–Kier alpha value is -1.95. The topological polar surface area (TPSA) is 48.9 Å². The Balaban J connectivity index is 2.26. The third-order valence-electron chi connectivity index (χ3n) is 2.76. The van der Waals surface area contributed by atoms with Gasteiger partial charge in [0, 0.05) is 4.47 Å². The highest BCUT2D eigenvalue weighted by atomic mass is 79.9. The molecule has 0 bridgehead atoms. The molecule has 6 heteroatoms. The molecule has 19 heavy (non-hydrogen) atoms. The molecular formula is C13H7BrF2N2O. The van der Waals surface area contributed by atoms with Crippen LogP contribution in [0.25, 0.3) is 22.4 Å². The van der Waals surface area contributed by atoms with Gasteiger partial charge < -0.3 is 10.1 Å². The number of hydrogen-bond acceptors (Lipinski definition) is 2. The lowest BCUT2D eigenvalue weighted by molar-refractivity contribution is 0.477. The first kappa shape index (κ1) is 12.1. The number of aromatic hydroxyl groups is 1. The predicted molar refractivity (Wildman–Crippen MR) is 70.8 cm³/mol. The molecule has 2 aromatic carbocycles. The van der Waals surface area contributed by atoms with Crippen LogP contribution in [0.3, 0.4) is 0 Å². The maximum Gasteiger partial charge on any atom is 0.186 e. The number of phenols is 1. The lowest BCUT2D eigenvalue weighted by Crippen LogP contribution is -1.84. The SMILES string of the molecule is Oc1ccc(Br)cc1-c1nc2c(F)c(F)ccc2[nH]1. The molecule has 0 amide bonds. The fourth-order valence-electron chi connectivity index (χ4n) is 1.84. The van der Waals surface area contributed by atoms with E-state index in [4.69, 9.17) is 0 Å². The summed E-state index contributed by atoms with van der Waals surface area (Å²) in [6.07, 6.45) is 0. The fourth-order valence-corrected chi connectivity index (χ4v) is 2.20. The Morgan fingerprint density at radius 3 is 2.74 bits per heavy atom. The molecular weight excluding hydrogens is 318 g/mol. The van der Waals surface area contributed by atoms with Crippen molar-refractivity contribution in [3.63, 3.8) is 0 Å². The number of H-pyrrole nitrogens is 1. The quantitative estimate of drug-likeness (QED) is 0.711. The largest absolute Gasteiger partial charge is 0.507 e. The van der Waals surface area contributed by atoms with Crippen LogP contribution in [0.2, 0.25) is 0 Å². The van der Waals surface area contributed by atoms with Gasteiger partial charge in [-0.05, 0) is 30.3 Å². The summed E-state index contributed by atoms with van der Waals surface area (Å²) < 4.78 is 27.4. The number of fused-ring (bicyclic) bond motifs is 1. The monoisotopic (exact) mass is 324 g/mol. The van der Waals surface area contributed by atoms with Crippen molar-refractivity contribution in [2.24, 2.45) is 0 Å². The summed E-state index contributed by atoms with van der Waals surface area (Å²) in [6, 6.07) is 7.23. The molecule has 0 aliphatic carbocycles. The standard InChI is InChI=1S/C13H7BrF2N2O/c14-6-1-4-10(19)7(5-6)13-17-9-3-2-8(15)11(16)12(9)18-13/h1-5,19H,(H,17,18). The first-order chi connectivity index (χ1) is 9.06. The molecule has 0 aliphatic heterocycles. The van der Waals surface area contributed by atoms with E-state index in [2.05, 4.69) is 25.9 Å². The Kier molecular flexibility index (Phi) is 2.74. The van der Waals surface area contributed by atoms with Gasteiger partial charge in [-0.3, -0.25) is 0 Å². The Bertz CT molecular complexity index is 786. The summed E-state index contributed by atoms with van der Waals surface area (Å²) >= 11 is 3.28. The van der Waals surface area contributed by atoms with Gasteiger partial charge in [0.05, 0.1) is 11.1 Å². The molecule has 0 saturated carbocycles. The van der Waals surface area contributed by atoms with Crippen LogP contribution in [-0.4, -0.2) is 15.1 Å². The Morgan fingerprint density at radius 1 is 1.16 bits per heavy atom. The second-order valence-electron chi connectivity index (χ2n) is 4.00. The van der Waals surface area contributed by atoms with Gasteiger partial charge in [0.15, 0.2) is 11.6 Å². The number of aromatic amines is 1. The zero-order chi connectivity index (χ0) is 13.6. The van der Waals surface area contributed by atoms with Gasteiger partial charge in [0.1, 0.15) is 17.1 Å². The van der Waals surface area contributed by atoms with E-state index in [0.29, 0.717) is 11.1 Å². The van der Waals surface area contributed by atoms with Gasteiger partial charge in [0.25, 0.3) is 0 Å². The lowest BCUT2D eigenvalue weighted by Gasteiger charge is -2.01. The number of aromatic nitrogens is 2. The summed E-state index contributed by atoms with van der Waals surface area (Å²) in [7, 11) is 0. The van der Waals surface area contributed by atoms with Crippen molar-refractivity contribution in [3.05, 3.63) is 46.4 Å². The first-order valence-electron chi connectivity index (χ1n) is 5.39. The van der Waals surface area contributed by atoms with E-state index in [1.807, 2.05) is 0 Å². The van der Waals surface area contributed by atoms with Crippen LogP contribution in [0.5, 0.6) is 5.75 Å². The summed E-state index contributed by atoms with van der Waals surface area (Å²) in [4.78, 5) is 6.84. The normalized spacial score (nSPS) is 11.1. The second kappa shape index (κ2) is 4.31. The van der Waals surface area contributed by atoms with E-state index < -0.39 is 11.6 Å². The number of benzene rings is 2. The summed E-state index contributed by atoms with van der Waals surface area (Å²) in [5, 5.41) is 9.79. The molecule has 3 aromatic rings. The van der Waals surface area contributed by atoms with E-state index in [1.54, 1.807) is 12.1 Å². The second-order valence-corrected chi connectivity index (χ2v) is 4.92. The van der Waals surface area contributed by atoms with Crippen LogP contribution < -0.4 is 0 Å². The zero-order valence-electron chi connectivity index (χ0n) is 9.42. The minimum atomic E-state index is -1.01. The van der Waals surface area contributed by atoms with E-state index >= 15 is 0 Å². The van der Waals surface area contributed by atoms with Crippen molar-refractivity contribution < 1.29 is 13.9 Å². The average molecular weight is 325 g/mol. The van der Waals surface area contributed by atoms with E-state index in [-0.39, 0.29) is 17.1 Å². The van der Waals surface area contributed by atoms with Crippen LogP contribution >= 0.6 is 15.9 Å². The summed E-state index contributed by atoms with van der Waals surface area (Å²) in [5.74, 6) is -1.68. The number of halogens is 3. The highest BCUT2D eigenvalue weighted by Gasteiger charge is 2.14. The third kappa shape index (κ3) is 1.98. The zero-order valence-corrected chi connectivity index (χ0v) is 11.0. The molecule has 0 spiro atoms. The molecule has 0 unspecified atom stereocenters. The number of nitrogens with one attached hydrogen (secondary N) is 1. The molecule has 3 nitrogen and oxygen atoms in total. The summed E-state index contributed by atoms with van der Waals surface area (Å²) in [5.41, 5.74) is 0.688. The Labute approximate surface area is 115 Å². The van der Waals surface area contributed by atoms with Gasteiger partial charge >= 0.3 is 0 Å². The average Bonchev–Trinajstić information content (AvgIpc) is 2.81. The molecule has 0 radical (unpaired) electrons. The van der Waals surface area contributed by atoms with E-state index in [1.165, 1.54) is 12.1 Å². The molecule has 1 aromatic heterocycles. The van der Waals surface area contributed by atoms with Crippen LogP contribution in [0.1, 0.15) is 0 Å². The first-order valence-corrected chi connectivity index (χ1v) is 6.18. The Morgan fingerprint density at radius 2 is 1.95 bits per heavy atom.